The zero-order valence-electron chi connectivity index (χ0n) is 12.6. The molecule has 1 saturated heterocycles. The molecule has 5 nitrogen and oxygen atoms in total. The van der Waals surface area contributed by atoms with Gasteiger partial charge in [-0.25, -0.2) is 4.98 Å². The van der Waals surface area contributed by atoms with E-state index in [0.717, 1.165) is 10.4 Å². The molecule has 0 saturated carbocycles. The van der Waals surface area contributed by atoms with Crippen LogP contribution in [0.2, 0.25) is 5.02 Å². The summed E-state index contributed by atoms with van der Waals surface area (Å²) in [6.07, 6.45) is 1.96. The lowest BCUT2D eigenvalue weighted by atomic mass is 10.1. The summed E-state index contributed by atoms with van der Waals surface area (Å²) in [7, 11) is 0. The number of halogens is 1. The van der Waals surface area contributed by atoms with Crippen LogP contribution in [0.3, 0.4) is 0 Å². The minimum absolute atomic E-state index is 0.00424. The molecule has 2 amide bonds. The summed E-state index contributed by atoms with van der Waals surface area (Å²) in [6.45, 7) is 2.86. The first-order valence-corrected chi connectivity index (χ1v) is 8.46. The fourth-order valence-electron chi connectivity index (χ4n) is 2.53. The van der Waals surface area contributed by atoms with Crippen molar-refractivity contribution < 1.29 is 9.59 Å². The molecule has 3 rings (SSSR count). The van der Waals surface area contributed by atoms with Crippen LogP contribution in [0.1, 0.15) is 16.9 Å². The number of nitrogens with one attached hydrogen (secondary N) is 1. The SMILES string of the molecule is Cc1cnc(NC(=O)[C@H]2CC(=O)N(Cc3ccc(Cl)cc3)C2)s1. The molecule has 1 aromatic heterocycles. The van der Waals surface area contributed by atoms with Crippen molar-refractivity contribution in [3.05, 3.63) is 45.9 Å². The Hall–Kier alpha value is -1.92. The van der Waals surface area contributed by atoms with Crippen molar-refractivity contribution >= 4 is 39.9 Å². The summed E-state index contributed by atoms with van der Waals surface area (Å²) >= 11 is 7.29. The standard InChI is InChI=1S/C16H16ClN3O2S/c1-10-7-18-16(23-10)19-15(22)12-6-14(21)20(9-12)8-11-2-4-13(17)5-3-11/h2-5,7,12H,6,8-9H2,1H3,(H,18,19,22)/t12-/m0/s1. The van der Waals surface area contributed by atoms with Gasteiger partial charge >= 0.3 is 0 Å². The maximum absolute atomic E-state index is 12.3. The maximum atomic E-state index is 12.3. The molecular weight excluding hydrogens is 334 g/mol. The second kappa shape index (κ2) is 6.68. The van der Waals surface area contributed by atoms with Crippen LogP contribution in [0.5, 0.6) is 0 Å². The predicted octanol–water partition coefficient (Wildman–Crippen LogP) is 3.09. The molecule has 0 spiro atoms. The van der Waals surface area contributed by atoms with Crippen LogP contribution in [-0.4, -0.2) is 28.2 Å². The summed E-state index contributed by atoms with van der Waals surface area (Å²) in [6, 6.07) is 7.38. The summed E-state index contributed by atoms with van der Waals surface area (Å²) in [4.78, 5) is 31.3. The van der Waals surface area contributed by atoms with Crippen molar-refractivity contribution in [3.8, 4) is 0 Å². The number of hydrogen-bond acceptors (Lipinski definition) is 4. The summed E-state index contributed by atoms with van der Waals surface area (Å²) in [5, 5.41) is 4.03. The highest BCUT2D eigenvalue weighted by atomic mass is 35.5. The predicted molar refractivity (Wildman–Crippen MR) is 90.5 cm³/mol. The van der Waals surface area contributed by atoms with Crippen molar-refractivity contribution in [2.75, 3.05) is 11.9 Å². The number of rotatable bonds is 4. The van der Waals surface area contributed by atoms with Crippen molar-refractivity contribution in [1.29, 1.82) is 0 Å². The van der Waals surface area contributed by atoms with E-state index in [9.17, 15) is 9.59 Å². The van der Waals surface area contributed by atoms with Gasteiger partial charge in [0, 0.05) is 35.6 Å². The fourth-order valence-corrected chi connectivity index (χ4v) is 3.32. The van der Waals surface area contributed by atoms with Crippen LogP contribution in [0, 0.1) is 12.8 Å². The smallest absolute Gasteiger partial charge is 0.231 e. The van der Waals surface area contributed by atoms with Gasteiger partial charge in [0.05, 0.1) is 5.92 Å². The van der Waals surface area contributed by atoms with Crippen LogP contribution in [0.25, 0.3) is 0 Å². The van der Waals surface area contributed by atoms with Gasteiger partial charge in [-0.15, -0.1) is 11.3 Å². The van der Waals surface area contributed by atoms with E-state index in [1.54, 1.807) is 23.2 Å². The molecule has 1 aliphatic rings. The number of aromatic nitrogens is 1. The molecule has 0 aliphatic carbocycles. The molecule has 1 N–H and O–H groups in total. The van der Waals surface area contributed by atoms with Crippen LogP contribution in [0.15, 0.2) is 30.5 Å². The van der Waals surface area contributed by atoms with E-state index in [4.69, 9.17) is 11.6 Å². The maximum Gasteiger partial charge on any atom is 0.231 e. The largest absolute Gasteiger partial charge is 0.338 e. The molecule has 1 atom stereocenters. The number of hydrogen-bond donors (Lipinski definition) is 1. The normalized spacial score (nSPS) is 17.6. The molecule has 7 heteroatoms. The highest BCUT2D eigenvalue weighted by Crippen LogP contribution is 2.24. The number of anilines is 1. The van der Waals surface area contributed by atoms with Crippen molar-refractivity contribution in [1.82, 2.24) is 9.88 Å². The Morgan fingerprint density at radius 3 is 2.83 bits per heavy atom. The van der Waals surface area contributed by atoms with Crippen LogP contribution in [-0.2, 0) is 16.1 Å². The molecule has 2 heterocycles. The van der Waals surface area contributed by atoms with Gasteiger partial charge in [0.25, 0.3) is 0 Å². The Morgan fingerprint density at radius 2 is 2.17 bits per heavy atom. The number of likely N-dealkylation sites (tertiary alicyclic amines) is 1. The van der Waals surface area contributed by atoms with Crippen LogP contribution >= 0.6 is 22.9 Å². The lowest BCUT2D eigenvalue weighted by Gasteiger charge is -2.16. The average molecular weight is 350 g/mol. The quantitative estimate of drug-likeness (QED) is 0.922. The highest BCUT2D eigenvalue weighted by Gasteiger charge is 2.34. The van der Waals surface area contributed by atoms with Gasteiger partial charge in [-0.3, -0.25) is 9.59 Å². The van der Waals surface area contributed by atoms with E-state index in [-0.39, 0.29) is 24.2 Å². The van der Waals surface area contributed by atoms with E-state index in [1.807, 2.05) is 19.1 Å². The Bertz CT molecular complexity index is 729. The first kappa shape index (κ1) is 16.0. The van der Waals surface area contributed by atoms with Gasteiger partial charge in [-0.05, 0) is 24.6 Å². The number of thiazole rings is 1. The van der Waals surface area contributed by atoms with E-state index < -0.39 is 0 Å². The monoisotopic (exact) mass is 349 g/mol. The average Bonchev–Trinajstić information content (AvgIpc) is 3.08. The van der Waals surface area contributed by atoms with Gasteiger partial charge in [-0.1, -0.05) is 23.7 Å². The minimum Gasteiger partial charge on any atom is -0.338 e. The summed E-state index contributed by atoms with van der Waals surface area (Å²) in [5.74, 6) is -0.485. The minimum atomic E-state index is -0.334. The molecule has 1 fully saturated rings. The van der Waals surface area contributed by atoms with Gasteiger partial charge in [0.1, 0.15) is 0 Å². The third-order valence-corrected chi connectivity index (χ3v) is 4.80. The van der Waals surface area contributed by atoms with E-state index >= 15 is 0 Å². The molecule has 23 heavy (non-hydrogen) atoms. The van der Waals surface area contributed by atoms with Gasteiger partial charge < -0.3 is 10.2 Å². The number of amides is 2. The highest BCUT2D eigenvalue weighted by molar-refractivity contribution is 7.15. The van der Waals surface area contributed by atoms with E-state index in [2.05, 4.69) is 10.3 Å². The first-order valence-electron chi connectivity index (χ1n) is 7.27. The molecule has 0 unspecified atom stereocenters. The van der Waals surface area contributed by atoms with Gasteiger partial charge in [0.15, 0.2) is 5.13 Å². The van der Waals surface area contributed by atoms with Gasteiger partial charge in [-0.2, -0.15) is 0 Å². The lowest BCUT2D eigenvalue weighted by molar-refractivity contribution is -0.128. The Balaban J connectivity index is 1.60. The second-order valence-electron chi connectivity index (χ2n) is 5.57. The molecular formula is C16H16ClN3O2S. The van der Waals surface area contributed by atoms with Crippen molar-refractivity contribution in [2.45, 2.75) is 19.9 Å². The molecule has 0 radical (unpaired) electrons. The zero-order valence-corrected chi connectivity index (χ0v) is 14.2. The number of nitrogens with zero attached hydrogens (tertiary/aromatic N) is 2. The Kier molecular flexibility index (Phi) is 4.63. The Morgan fingerprint density at radius 1 is 1.43 bits per heavy atom. The Labute approximate surface area is 143 Å². The van der Waals surface area contributed by atoms with Crippen LogP contribution < -0.4 is 5.32 Å². The third kappa shape index (κ3) is 3.89. The number of benzene rings is 1. The molecule has 2 aromatic rings. The first-order chi connectivity index (χ1) is 11.0. The van der Waals surface area contributed by atoms with Crippen molar-refractivity contribution in [3.63, 3.8) is 0 Å². The number of carbonyl (C=O) groups excluding carboxylic acids is 2. The van der Waals surface area contributed by atoms with E-state index in [1.165, 1.54) is 11.3 Å². The summed E-state index contributed by atoms with van der Waals surface area (Å²) in [5.41, 5.74) is 0.999. The zero-order chi connectivity index (χ0) is 16.4. The number of carbonyl (C=O) groups is 2. The molecule has 0 bridgehead atoms. The lowest BCUT2D eigenvalue weighted by Crippen LogP contribution is -2.28. The van der Waals surface area contributed by atoms with Gasteiger partial charge in [0.2, 0.25) is 11.8 Å². The van der Waals surface area contributed by atoms with Crippen molar-refractivity contribution in [2.24, 2.45) is 5.92 Å². The topological polar surface area (TPSA) is 62.3 Å². The second-order valence-corrected chi connectivity index (χ2v) is 7.24. The van der Waals surface area contributed by atoms with E-state index in [0.29, 0.717) is 23.2 Å². The molecule has 1 aliphatic heterocycles. The third-order valence-electron chi connectivity index (χ3n) is 3.72. The van der Waals surface area contributed by atoms with Crippen LogP contribution in [0.4, 0.5) is 5.13 Å². The summed E-state index contributed by atoms with van der Waals surface area (Å²) < 4.78 is 0. The molecule has 1 aromatic carbocycles. The molecule has 120 valence electrons. The number of aryl methyl sites for hydroxylation is 1. The fraction of sp³-hybridized carbons (Fsp3) is 0.312.